The topological polar surface area (TPSA) is 61.8 Å². The smallest absolute Gasteiger partial charge is 0.261 e. The van der Waals surface area contributed by atoms with E-state index in [0.717, 1.165) is 9.88 Å². The lowest BCUT2D eigenvalue weighted by molar-refractivity contribution is -0.136. The average Bonchev–Trinajstić information content (AvgIpc) is 2.83. The lowest BCUT2D eigenvalue weighted by Crippen LogP contribution is -2.37. The van der Waals surface area contributed by atoms with Crippen LogP contribution in [0.3, 0.4) is 0 Å². The fourth-order valence-corrected chi connectivity index (χ4v) is 2.87. The first-order chi connectivity index (χ1) is 9.38. The maximum atomic E-state index is 12.2. The Kier molecular flexibility index (Phi) is 4.23. The molecule has 0 aliphatic carbocycles. The molecule has 0 fully saturated rings. The average molecular weight is 293 g/mol. The van der Waals surface area contributed by atoms with Gasteiger partial charge in [-0.15, -0.1) is 11.3 Å². The first-order valence-electron chi connectivity index (χ1n) is 6.62. The molecular formula is C14H19N3O2S. The van der Waals surface area contributed by atoms with Gasteiger partial charge < -0.3 is 5.32 Å². The van der Waals surface area contributed by atoms with E-state index >= 15 is 0 Å². The molecule has 1 aliphatic heterocycles. The third kappa shape index (κ3) is 3.07. The van der Waals surface area contributed by atoms with Crippen molar-refractivity contribution in [3.8, 4) is 0 Å². The Labute approximate surface area is 122 Å². The molecule has 20 heavy (non-hydrogen) atoms. The zero-order valence-electron chi connectivity index (χ0n) is 12.1. The summed E-state index contributed by atoms with van der Waals surface area (Å²) in [5.41, 5.74) is 0.557. The number of hydrogen-bond acceptors (Lipinski definition) is 4. The van der Waals surface area contributed by atoms with Crippen molar-refractivity contribution in [3.05, 3.63) is 17.0 Å². The second kappa shape index (κ2) is 5.75. The van der Waals surface area contributed by atoms with Crippen LogP contribution < -0.4 is 5.32 Å². The SMILES string of the molecule is CC1=NN(CC(C)C)C(=O)[C@H]1C(=O)Nc1ccc(C)s1. The number of nitrogens with one attached hydrogen (secondary N) is 1. The zero-order valence-corrected chi connectivity index (χ0v) is 13.0. The first kappa shape index (κ1) is 14.7. The maximum Gasteiger partial charge on any atom is 0.261 e. The van der Waals surface area contributed by atoms with E-state index in [4.69, 9.17) is 0 Å². The molecule has 0 aromatic carbocycles. The Morgan fingerprint density at radius 3 is 2.70 bits per heavy atom. The third-order valence-electron chi connectivity index (χ3n) is 2.98. The van der Waals surface area contributed by atoms with Crippen molar-refractivity contribution in [2.75, 3.05) is 11.9 Å². The quantitative estimate of drug-likeness (QED) is 0.867. The number of hydrogen-bond donors (Lipinski definition) is 1. The molecular weight excluding hydrogens is 274 g/mol. The van der Waals surface area contributed by atoms with Crippen LogP contribution in [0.1, 0.15) is 25.6 Å². The minimum absolute atomic E-state index is 0.234. The fraction of sp³-hybridized carbons (Fsp3) is 0.500. The van der Waals surface area contributed by atoms with Crippen LogP contribution in [-0.2, 0) is 9.59 Å². The van der Waals surface area contributed by atoms with Gasteiger partial charge in [0.2, 0.25) is 5.91 Å². The highest BCUT2D eigenvalue weighted by Crippen LogP contribution is 2.23. The second-order valence-electron chi connectivity index (χ2n) is 5.39. The molecule has 1 atom stereocenters. The van der Waals surface area contributed by atoms with Gasteiger partial charge in [-0.05, 0) is 31.9 Å². The van der Waals surface area contributed by atoms with Crippen LogP contribution in [0.15, 0.2) is 17.2 Å². The summed E-state index contributed by atoms with van der Waals surface area (Å²) in [6, 6.07) is 3.78. The van der Waals surface area contributed by atoms with Crippen molar-refractivity contribution < 1.29 is 9.59 Å². The summed E-state index contributed by atoms with van der Waals surface area (Å²) in [6.45, 7) is 8.26. The molecule has 0 bridgehead atoms. The maximum absolute atomic E-state index is 12.2. The summed E-state index contributed by atoms with van der Waals surface area (Å²) in [4.78, 5) is 25.6. The van der Waals surface area contributed by atoms with E-state index in [1.165, 1.54) is 16.3 Å². The van der Waals surface area contributed by atoms with Crippen molar-refractivity contribution in [1.29, 1.82) is 0 Å². The normalized spacial score (nSPS) is 18.6. The lowest BCUT2D eigenvalue weighted by atomic mass is 10.0. The predicted octanol–water partition coefficient (Wildman–Crippen LogP) is 2.49. The van der Waals surface area contributed by atoms with Gasteiger partial charge in [0.25, 0.3) is 5.91 Å². The molecule has 1 N–H and O–H groups in total. The summed E-state index contributed by atoms with van der Waals surface area (Å²) in [7, 11) is 0. The monoisotopic (exact) mass is 293 g/mol. The number of anilines is 1. The van der Waals surface area contributed by atoms with Gasteiger partial charge in [-0.3, -0.25) is 9.59 Å². The van der Waals surface area contributed by atoms with Gasteiger partial charge in [0.15, 0.2) is 5.92 Å². The highest BCUT2D eigenvalue weighted by atomic mass is 32.1. The largest absolute Gasteiger partial charge is 0.317 e. The number of nitrogens with zero attached hydrogens (tertiary/aromatic N) is 2. The number of hydrazone groups is 1. The molecule has 1 aliphatic rings. The molecule has 5 nitrogen and oxygen atoms in total. The summed E-state index contributed by atoms with van der Waals surface area (Å²) >= 11 is 1.49. The number of carbonyl (C=O) groups excluding carboxylic acids is 2. The van der Waals surface area contributed by atoms with Gasteiger partial charge in [-0.1, -0.05) is 13.8 Å². The molecule has 0 spiro atoms. The second-order valence-corrected chi connectivity index (χ2v) is 6.68. The Bertz CT molecular complexity index is 563. The first-order valence-corrected chi connectivity index (χ1v) is 7.44. The Balaban J connectivity index is 2.07. The van der Waals surface area contributed by atoms with E-state index < -0.39 is 5.92 Å². The number of aryl methyl sites for hydroxylation is 1. The van der Waals surface area contributed by atoms with E-state index in [9.17, 15) is 9.59 Å². The van der Waals surface area contributed by atoms with Crippen LogP contribution >= 0.6 is 11.3 Å². The molecule has 1 aromatic rings. The third-order valence-corrected chi connectivity index (χ3v) is 3.90. The zero-order chi connectivity index (χ0) is 14.9. The van der Waals surface area contributed by atoms with E-state index in [0.29, 0.717) is 18.2 Å². The van der Waals surface area contributed by atoms with Crippen LogP contribution in [0.25, 0.3) is 0 Å². The molecule has 2 amide bonds. The standard InChI is InChI=1S/C14H19N3O2S/c1-8(2)7-17-14(19)12(10(4)16-17)13(18)15-11-6-5-9(3)20-11/h5-6,8,12H,7H2,1-4H3,(H,15,18)/t12-/m1/s1. The van der Waals surface area contributed by atoms with Crippen LogP contribution in [-0.4, -0.2) is 29.1 Å². The van der Waals surface area contributed by atoms with E-state index in [2.05, 4.69) is 10.4 Å². The summed E-state index contributed by atoms with van der Waals surface area (Å²) < 4.78 is 0. The highest BCUT2D eigenvalue weighted by molar-refractivity contribution is 7.16. The van der Waals surface area contributed by atoms with Crippen molar-refractivity contribution in [2.24, 2.45) is 16.9 Å². The minimum atomic E-state index is -0.795. The minimum Gasteiger partial charge on any atom is -0.317 e. The molecule has 2 heterocycles. The van der Waals surface area contributed by atoms with Gasteiger partial charge in [0, 0.05) is 11.4 Å². The molecule has 0 unspecified atom stereocenters. The van der Waals surface area contributed by atoms with Crippen molar-refractivity contribution >= 4 is 33.9 Å². The number of amides is 2. The van der Waals surface area contributed by atoms with Crippen molar-refractivity contribution in [3.63, 3.8) is 0 Å². The number of thiophene rings is 1. The Hall–Kier alpha value is -1.69. The van der Waals surface area contributed by atoms with Gasteiger partial charge in [0.1, 0.15) is 0 Å². The van der Waals surface area contributed by atoms with Gasteiger partial charge in [-0.25, -0.2) is 5.01 Å². The fourth-order valence-electron chi connectivity index (χ4n) is 2.10. The van der Waals surface area contributed by atoms with Crippen LogP contribution in [0.5, 0.6) is 0 Å². The molecule has 0 radical (unpaired) electrons. The molecule has 108 valence electrons. The Morgan fingerprint density at radius 1 is 1.45 bits per heavy atom. The van der Waals surface area contributed by atoms with Gasteiger partial charge >= 0.3 is 0 Å². The molecule has 0 saturated carbocycles. The van der Waals surface area contributed by atoms with Crippen molar-refractivity contribution in [2.45, 2.75) is 27.7 Å². The number of carbonyl (C=O) groups is 2. The van der Waals surface area contributed by atoms with Crippen LogP contribution in [0.2, 0.25) is 0 Å². The van der Waals surface area contributed by atoms with Crippen LogP contribution in [0, 0.1) is 18.8 Å². The van der Waals surface area contributed by atoms with Gasteiger partial charge in [0.05, 0.1) is 10.7 Å². The van der Waals surface area contributed by atoms with Gasteiger partial charge in [-0.2, -0.15) is 5.10 Å². The van der Waals surface area contributed by atoms with E-state index in [-0.39, 0.29) is 11.8 Å². The van der Waals surface area contributed by atoms with E-state index in [1.807, 2.05) is 32.9 Å². The highest BCUT2D eigenvalue weighted by Gasteiger charge is 2.39. The summed E-state index contributed by atoms with van der Waals surface area (Å²) in [5.74, 6) is -1.01. The number of rotatable bonds is 4. The molecule has 2 rings (SSSR count). The molecule has 0 saturated heterocycles. The molecule has 6 heteroatoms. The summed E-state index contributed by atoms with van der Waals surface area (Å²) in [6.07, 6.45) is 0. The summed E-state index contributed by atoms with van der Waals surface area (Å²) in [5, 5.41) is 9.16. The molecule has 1 aromatic heterocycles. The Morgan fingerprint density at radius 2 is 2.15 bits per heavy atom. The predicted molar refractivity (Wildman–Crippen MR) is 80.8 cm³/mol. The lowest BCUT2D eigenvalue weighted by Gasteiger charge is -2.15. The van der Waals surface area contributed by atoms with Crippen molar-refractivity contribution in [1.82, 2.24) is 5.01 Å². The van der Waals surface area contributed by atoms with E-state index in [1.54, 1.807) is 6.92 Å². The van der Waals surface area contributed by atoms with Crippen LogP contribution in [0.4, 0.5) is 5.00 Å².